The maximum atomic E-state index is 13.0. The first-order valence-electron chi connectivity index (χ1n) is 11.0. The third-order valence-electron chi connectivity index (χ3n) is 5.84. The van der Waals surface area contributed by atoms with Crippen LogP contribution in [0.5, 0.6) is 0 Å². The van der Waals surface area contributed by atoms with Crippen molar-refractivity contribution in [1.29, 1.82) is 0 Å². The third kappa shape index (κ3) is 4.58. The van der Waals surface area contributed by atoms with E-state index in [-0.39, 0.29) is 16.7 Å². The van der Waals surface area contributed by atoms with Gasteiger partial charge < -0.3 is 9.80 Å². The van der Waals surface area contributed by atoms with Gasteiger partial charge in [0.1, 0.15) is 10.6 Å². The molecule has 0 spiro atoms. The highest BCUT2D eigenvalue weighted by atomic mass is 32.2. The number of pyridine rings is 1. The molecule has 0 aliphatic carbocycles. The topological polar surface area (TPSA) is 128 Å². The van der Waals surface area contributed by atoms with Gasteiger partial charge in [-0.25, -0.2) is 8.42 Å². The minimum absolute atomic E-state index is 0.0815. The number of fused-ring (bicyclic) bond motifs is 1. The number of sulfonamides is 1. The SMILES string of the molecule is O=C(c1ccc(NS(=O)(=O)c2cccc3cccnc23)cc1)N1CCN(C(=O)c2cc[nH]n2)CC1. The Bertz CT molecular complexity index is 1470. The van der Waals surface area contributed by atoms with Gasteiger partial charge in [-0.2, -0.15) is 5.10 Å². The van der Waals surface area contributed by atoms with Crippen molar-refractivity contribution in [3.05, 3.63) is 84.3 Å². The number of hydrogen-bond donors (Lipinski definition) is 2. The monoisotopic (exact) mass is 490 g/mol. The molecule has 2 aromatic heterocycles. The van der Waals surface area contributed by atoms with E-state index in [0.29, 0.717) is 48.6 Å². The first-order chi connectivity index (χ1) is 16.9. The number of piperazine rings is 1. The largest absolute Gasteiger partial charge is 0.335 e. The summed E-state index contributed by atoms with van der Waals surface area (Å²) in [7, 11) is -3.88. The highest BCUT2D eigenvalue weighted by Crippen LogP contribution is 2.23. The molecule has 1 fully saturated rings. The zero-order valence-electron chi connectivity index (χ0n) is 18.6. The second-order valence-corrected chi connectivity index (χ2v) is 9.71. The molecule has 10 nitrogen and oxygen atoms in total. The molecule has 2 amide bonds. The molecule has 11 heteroatoms. The summed E-state index contributed by atoms with van der Waals surface area (Å²) in [6.07, 6.45) is 3.14. The average Bonchev–Trinajstić information content (AvgIpc) is 3.43. The van der Waals surface area contributed by atoms with Gasteiger partial charge in [0.2, 0.25) is 0 Å². The number of para-hydroxylation sites is 1. The van der Waals surface area contributed by atoms with Gasteiger partial charge in [0, 0.05) is 55.2 Å². The van der Waals surface area contributed by atoms with Gasteiger partial charge in [0.15, 0.2) is 0 Å². The van der Waals surface area contributed by atoms with Crippen LogP contribution in [0.4, 0.5) is 5.69 Å². The van der Waals surface area contributed by atoms with Crippen LogP contribution in [-0.2, 0) is 10.0 Å². The fourth-order valence-corrected chi connectivity index (χ4v) is 5.26. The molecule has 3 heterocycles. The molecule has 1 aliphatic rings. The van der Waals surface area contributed by atoms with E-state index < -0.39 is 10.0 Å². The number of carbonyl (C=O) groups is 2. The Labute approximate surface area is 201 Å². The maximum absolute atomic E-state index is 13.0. The highest BCUT2D eigenvalue weighted by molar-refractivity contribution is 7.93. The Kier molecular flexibility index (Phi) is 5.91. The molecule has 4 aromatic rings. The van der Waals surface area contributed by atoms with Crippen molar-refractivity contribution in [3.8, 4) is 0 Å². The van der Waals surface area contributed by atoms with Crippen LogP contribution >= 0.6 is 0 Å². The van der Waals surface area contributed by atoms with Crippen molar-refractivity contribution < 1.29 is 18.0 Å². The number of aromatic amines is 1. The number of benzene rings is 2. The van der Waals surface area contributed by atoms with Gasteiger partial charge in [-0.3, -0.25) is 24.4 Å². The van der Waals surface area contributed by atoms with E-state index in [1.54, 1.807) is 76.8 Å². The quantitative estimate of drug-likeness (QED) is 0.442. The lowest BCUT2D eigenvalue weighted by molar-refractivity contribution is 0.0532. The van der Waals surface area contributed by atoms with E-state index in [1.807, 2.05) is 0 Å². The predicted octanol–water partition coefficient (Wildman–Crippen LogP) is 2.36. The second-order valence-electron chi connectivity index (χ2n) is 8.06. The van der Waals surface area contributed by atoms with E-state index in [0.717, 1.165) is 5.39 Å². The van der Waals surface area contributed by atoms with E-state index in [9.17, 15) is 18.0 Å². The lowest BCUT2D eigenvalue weighted by Gasteiger charge is -2.34. The van der Waals surface area contributed by atoms with Crippen molar-refractivity contribution in [3.63, 3.8) is 0 Å². The van der Waals surface area contributed by atoms with Crippen molar-refractivity contribution in [2.75, 3.05) is 30.9 Å². The number of anilines is 1. The van der Waals surface area contributed by atoms with E-state index in [1.165, 1.54) is 6.07 Å². The number of carbonyl (C=O) groups excluding carboxylic acids is 2. The summed E-state index contributed by atoms with van der Waals surface area (Å²) in [5.41, 5.74) is 1.51. The van der Waals surface area contributed by atoms with Crippen LogP contribution < -0.4 is 4.72 Å². The Balaban J connectivity index is 1.24. The van der Waals surface area contributed by atoms with Crippen LogP contribution in [-0.4, -0.2) is 71.4 Å². The first-order valence-corrected chi connectivity index (χ1v) is 12.5. The van der Waals surface area contributed by atoms with Crippen LogP contribution in [0, 0.1) is 0 Å². The Morgan fingerprint density at radius 2 is 1.54 bits per heavy atom. The summed E-state index contributed by atoms with van der Waals surface area (Å²) in [6.45, 7) is 1.62. The van der Waals surface area contributed by atoms with Crippen molar-refractivity contribution in [2.24, 2.45) is 0 Å². The summed E-state index contributed by atoms with van der Waals surface area (Å²) in [6, 6.07) is 16.4. The molecule has 1 aliphatic heterocycles. The minimum Gasteiger partial charge on any atom is -0.335 e. The fourth-order valence-electron chi connectivity index (χ4n) is 4.02. The number of amides is 2. The van der Waals surface area contributed by atoms with Gasteiger partial charge in [-0.05, 0) is 42.5 Å². The molecule has 0 atom stereocenters. The van der Waals surface area contributed by atoms with E-state index >= 15 is 0 Å². The average molecular weight is 491 g/mol. The second kappa shape index (κ2) is 9.18. The minimum atomic E-state index is -3.88. The molecule has 35 heavy (non-hydrogen) atoms. The normalized spacial score (nSPS) is 14.2. The Hall–Kier alpha value is -4.25. The van der Waals surface area contributed by atoms with Gasteiger partial charge in [-0.1, -0.05) is 18.2 Å². The summed E-state index contributed by atoms with van der Waals surface area (Å²) >= 11 is 0. The van der Waals surface area contributed by atoms with Gasteiger partial charge in [0.25, 0.3) is 21.8 Å². The summed E-state index contributed by atoms with van der Waals surface area (Å²) < 4.78 is 28.5. The van der Waals surface area contributed by atoms with Crippen molar-refractivity contribution >= 4 is 38.4 Å². The summed E-state index contributed by atoms with van der Waals surface area (Å²) in [5, 5.41) is 7.26. The molecule has 2 aromatic carbocycles. The molecular formula is C24H22N6O4S. The molecule has 0 radical (unpaired) electrons. The van der Waals surface area contributed by atoms with Crippen LogP contribution in [0.25, 0.3) is 10.9 Å². The molecule has 0 saturated carbocycles. The van der Waals surface area contributed by atoms with Crippen LogP contribution in [0.15, 0.2) is 78.0 Å². The van der Waals surface area contributed by atoms with E-state index in [4.69, 9.17) is 0 Å². The van der Waals surface area contributed by atoms with Crippen LogP contribution in [0.3, 0.4) is 0 Å². The molecule has 178 valence electrons. The Morgan fingerprint density at radius 1 is 0.857 bits per heavy atom. The van der Waals surface area contributed by atoms with Crippen molar-refractivity contribution in [1.82, 2.24) is 25.0 Å². The number of nitrogens with zero attached hydrogens (tertiary/aromatic N) is 4. The lowest BCUT2D eigenvalue weighted by atomic mass is 10.1. The van der Waals surface area contributed by atoms with Crippen molar-refractivity contribution in [2.45, 2.75) is 4.90 Å². The number of H-pyrrole nitrogens is 1. The van der Waals surface area contributed by atoms with Gasteiger partial charge in [-0.15, -0.1) is 0 Å². The zero-order chi connectivity index (χ0) is 24.4. The van der Waals surface area contributed by atoms with Crippen LogP contribution in [0.2, 0.25) is 0 Å². The van der Waals surface area contributed by atoms with E-state index in [2.05, 4.69) is 19.9 Å². The third-order valence-corrected chi connectivity index (χ3v) is 7.26. The number of rotatable bonds is 5. The smallest absolute Gasteiger partial charge is 0.274 e. The molecule has 2 N–H and O–H groups in total. The predicted molar refractivity (Wildman–Crippen MR) is 129 cm³/mol. The molecule has 5 rings (SSSR count). The number of hydrogen-bond acceptors (Lipinski definition) is 6. The first kappa shape index (κ1) is 22.5. The lowest BCUT2D eigenvalue weighted by Crippen LogP contribution is -2.50. The molecular weight excluding hydrogens is 468 g/mol. The summed E-state index contributed by atoms with van der Waals surface area (Å²) in [4.78, 5) is 33.0. The molecule has 0 bridgehead atoms. The number of nitrogens with one attached hydrogen (secondary N) is 2. The zero-order valence-corrected chi connectivity index (χ0v) is 19.4. The van der Waals surface area contributed by atoms with Crippen LogP contribution in [0.1, 0.15) is 20.8 Å². The van der Waals surface area contributed by atoms with Gasteiger partial charge >= 0.3 is 0 Å². The fraction of sp³-hybridized carbons (Fsp3) is 0.167. The molecule has 1 saturated heterocycles. The highest BCUT2D eigenvalue weighted by Gasteiger charge is 2.26. The standard InChI is InChI=1S/C24H22N6O4S/c31-23(29-13-15-30(16-14-29)24(32)20-10-12-26-27-20)18-6-8-19(9-7-18)28-35(33,34)21-5-1-3-17-4-2-11-25-22(17)21/h1-12,28H,13-16H2,(H,26,27). The Morgan fingerprint density at radius 3 is 2.23 bits per heavy atom. The maximum Gasteiger partial charge on any atom is 0.274 e. The van der Waals surface area contributed by atoms with Gasteiger partial charge in [0.05, 0.1) is 5.52 Å². The summed E-state index contributed by atoms with van der Waals surface area (Å²) in [5.74, 6) is -0.346. The number of aromatic nitrogens is 3. The molecule has 0 unspecified atom stereocenters.